The van der Waals surface area contributed by atoms with Gasteiger partial charge in [-0.3, -0.25) is 15.6 Å². The third-order valence-corrected chi connectivity index (χ3v) is 4.26. The molecule has 0 saturated heterocycles. The summed E-state index contributed by atoms with van der Waals surface area (Å²) in [6.07, 6.45) is 0. The quantitative estimate of drug-likeness (QED) is 0.788. The van der Waals surface area contributed by atoms with Crippen molar-refractivity contribution in [3.05, 3.63) is 63.6 Å². The number of anilines is 1. The Labute approximate surface area is 144 Å². The minimum absolute atomic E-state index is 0.104. The van der Waals surface area contributed by atoms with Crippen LogP contribution in [0.4, 0.5) is 5.69 Å². The fraction of sp³-hybridized carbons (Fsp3) is 0.176. The topological polar surface area (TPSA) is 59.7 Å². The SMILES string of the molecule is CC1CN=C(c2ccc(Cl)cc2)c2cc(Cl)ccc2N(O)C1=N. The number of fused-ring (bicyclic) bond motifs is 1. The van der Waals surface area contributed by atoms with Gasteiger partial charge in [-0.25, -0.2) is 5.06 Å². The van der Waals surface area contributed by atoms with Crippen molar-refractivity contribution in [2.45, 2.75) is 6.92 Å². The summed E-state index contributed by atoms with van der Waals surface area (Å²) < 4.78 is 0. The minimum Gasteiger partial charge on any atom is -0.286 e. The van der Waals surface area contributed by atoms with Gasteiger partial charge in [-0.15, -0.1) is 0 Å². The Morgan fingerprint density at radius 1 is 1.13 bits per heavy atom. The highest BCUT2D eigenvalue weighted by Gasteiger charge is 2.24. The van der Waals surface area contributed by atoms with Crippen molar-refractivity contribution in [3.63, 3.8) is 0 Å². The Bertz CT molecular complexity index is 787. The molecule has 2 N–H and O–H groups in total. The maximum Gasteiger partial charge on any atom is 0.131 e. The van der Waals surface area contributed by atoms with Crippen LogP contribution >= 0.6 is 23.2 Å². The van der Waals surface area contributed by atoms with Crippen LogP contribution in [0.1, 0.15) is 18.1 Å². The van der Waals surface area contributed by atoms with Crippen molar-refractivity contribution >= 4 is 40.4 Å². The molecule has 4 nitrogen and oxygen atoms in total. The number of nitrogens with zero attached hydrogens (tertiary/aromatic N) is 2. The van der Waals surface area contributed by atoms with Gasteiger partial charge in [0.1, 0.15) is 5.84 Å². The van der Waals surface area contributed by atoms with Crippen LogP contribution in [0.3, 0.4) is 0 Å². The number of hydrogen-bond acceptors (Lipinski definition) is 3. The van der Waals surface area contributed by atoms with Gasteiger partial charge in [0.25, 0.3) is 0 Å². The number of hydrogen-bond donors (Lipinski definition) is 2. The molecule has 1 atom stereocenters. The molecule has 2 aromatic carbocycles. The zero-order valence-corrected chi connectivity index (χ0v) is 13.9. The first kappa shape index (κ1) is 16.0. The summed E-state index contributed by atoms with van der Waals surface area (Å²) in [6.45, 7) is 2.26. The van der Waals surface area contributed by atoms with Crippen LogP contribution in [0.25, 0.3) is 0 Å². The van der Waals surface area contributed by atoms with Gasteiger partial charge in [-0.1, -0.05) is 42.3 Å². The molecule has 0 bridgehead atoms. The molecule has 3 rings (SSSR count). The van der Waals surface area contributed by atoms with E-state index >= 15 is 0 Å². The number of aliphatic imine (C=N–C) groups is 1. The largest absolute Gasteiger partial charge is 0.286 e. The van der Waals surface area contributed by atoms with Gasteiger partial charge in [0.2, 0.25) is 0 Å². The van der Waals surface area contributed by atoms with E-state index in [2.05, 4.69) is 4.99 Å². The number of benzene rings is 2. The van der Waals surface area contributed by atoms with Crippen molar-refractivity contribution < 1.29 is 5.21 Å². The molecule has 23 heavy (non-hydrogen) atoms. The van der Waals surface area contributed by atoms with Crippen molar-refractivity contribution in [2.24, 2.45) is 10.9 Å². The summed E-state index contributed by atoms with van der Waals surface area (Å²) in [5.41, 5.74) is 2.77. The maximum absolute atomic E-state index is 10.4. The van der Waals surface area contributed by atoms with Gasteiger partial charge in [-0.2, -0.15) is 0 Å². The van der Waals surface area contributed by atoms with Crippen LogP contribution in [0.5, 0.6) is 0 Å². The summed E-state index contributed by atoms with van der Waals surface area (Å²) in [5, 5.41) is 20.6. The third-order valence-electron chi connectivity index (χ3n) is 3.78. The lowest BCUT2D eigenvalue weighted by Crippen LogP contribution is -2.35. The predicted octanol–water partition coefficient (Wildman–Crippen LogP) is 4.65. The van der Waals surface area contributed by atoms with Crippen LogP contribution in [0, 0.1) is 11.3 Å². The second kappa shape index (κ2) is 6.32. The highest BCUT2D eigenvalue weighted by atomic mass is 35.5. The maximum atomic E-state index is 10.4. The molecule has 0 spiro atoms. The molecule has 1 heterocycles. The molecule has 1 unspecified atom stereocenters. The monoisotopic (exact) mass is 347 g/mol. The van der Waals surface area contributed by atoms with Crippen molar-refractivity contribution in [3.8, 4) is 0 Å². The molecule has 0 radical (unpaired) electrons. The molecule has 2 aromatic rings. The second-order valence-electron chi connectivity index (χ2n) is 5.46. The van der Waals surface area contributed by atoms with Crippen LogP contribution < -0.4 is 5.06 Å². The number of nitrogens with one attached hydrogen (secondary N) is 1. The van der Waals surface area contributed by atoms with Gasteiger partial charge < -0.3 is 0 Å². The van der Waals surface area contributed by atoms with Crippen molar-refractivity contribution in [2.75, 3.05) is 11.6 Å². The summed E-state index contributed by atoms with van der Waals surface area (Å²) in [4.78, 5) is 4.67. The fourth-order valence-electron chi connectivity index (χ4n) is 2.48. The van der Waals surface area contributed by atoms with Gasteiger partial charge in [0, 0.05) is 33.6 Å². The smallest absolute Gasteiger partial charge is 0.131 e. The van der Waals surface area contributed by atoms with Crippen LogP contribution in [0.2, 0.25) is 10.0 Å². The summed E-state index contributed by atoms with van der Waals surface area (Å²) >= 11 is 12.1. The molecule has 0 saturated carbocycles. The molecule has 0 aromatic heterocycles. The van der Waals surface area contributed by atoms with Gasteiger partial charge >= 0.3 is 0 Å². The number of amidine groups is 1. The Morgan fingerprint density at radius 2 is 1.78 bits per heavy atom. The van der Waals surface area contributed by atoms with E-state index in [1.807, 2.05) is 19.1 Å². The molecule has 118 valence electrons. The van der Waals surface area contributed by atoms with E-state index in [-0.39, 0.29) is 11.8 Å². The van der Waals surface area contributed by atoms with Gasteiger partial charge in [-0.05, 0) is 30.3 Å². The van der Waals surface area contributed by atoms with E-state index in [0.29, 0.717) is 27.8 Å². The zero-order valence-electron chi connectivity index (χ0n) is 12.4. The normalized spacial score (nSPS) is 18.1. The fourth-order valence-corrected chi connectivity index (χ4v) is 2.77. The van der Waals surface area contributed by atoms with Crippen molar-refractivity contribution in [1.29, 1.82) is 5.41 Å². The molecule has 1 aliphatic rings. The molecule has 6 heteroatoms. The molecular weight excluding hydrogens is 333 g/mol. The van der Waals surface area contributed by atoms with E-state index < -0.39 is 0 Å². The van der Waals surface area contributed by atoms with Crippen LogP contribution in [0.15, 0.2) is 47.5 Å². The number of rotatable bonds is 1. The number of halogens is 2. The Balaban J connectivity index is 2.21. The average Bonchev–Trinajstić information content (AvgIpc) is 2.54. The Hall–Kier alpha value is -1.88. The van der Waals surface area contributed by atoms with Crippen LogP contribution in [-0.4, -0.2) is 23.3 Å². The van der Waals surface area contributed by atoms with E-state index in [1.54, 1.807) is 30.3 Å². The van der Waals surface area contributed by atoms with Gasteiger partial charge in [0.15, 0.2) is 0 Å². The molecule has 0 amide bonds. The Morgan fingerprint density at radius 3 is 2.48 bits per heavy atom. The second-order valence-corrected chi connectivity index (χ2v) is 6.33. The summed E-state index contributed by atoms with van der Waals surface area (Å²) in [5.74, 6) is -0.0985. The van der Waals surface area contributed by atoms with E-state index in [0.717, 1.165) is 16.3 Å². The first-order valence-corrected chi connectivity index (χ1v) is 7.90. The first-order valence-electron chi connectivity index (χ1n) is 7.15. The first-order chi connectivity index (χ1) is 11.0. The lowest BCUT2D eigenvalue weighted by molar-refractivity contribution is 0.304. The molecule has 0 aliphatic carbocycles. The standard InChI is InChI=1S/C17H15Cl2N3O/c1-10-9-21-16(11-2-4-12(18)5-3-11)14-8-13(19)6-7-15(14)22(23)17(10)20/h2-8,10,20,23H,9H2,1H3. The highest BCUT2D eigenvalue weighted by Crippen LogP contribution is 2.29. The van der Waals surface area contributed by atoms with E-state index in [9.17, 15) is 5.21 Å². The molecular formula is C17H15Cl2N3O. The lowest BCUT2D eigenvalue weighted by atomic mass is 9.98. The minimum atomic E-state index is -0.203. The highest BCUT2D eigenvalue weighted by molar-refractivity contribution is 6.32. The summed E-state index contributed by atoms with van der Waals surface area (Å²) in [7, 11) is 0. The van der Waals surface area contributed by atoms with Crippen molar-refractivity contribution in [1.82, 2.24) is 0 Å². The summed E-state index contributed by atoms with van der Waals surface area (Å²) in [6, 6.07) is 12.5. The third kappa shape index (κ3) is 3.11. The molecule has 0 fully saturated rings. The zero-order chi connectivity index (χ0) is 16.6. The van der Waals surface area contributed by atoms with Gasteiger partial charge in [0.05, 0.1) is 11.4 Å². The molecule has 1 aliphatic heterocycles. The predicted molar refractivity (Wildman–Crippen MR) is 94.6 cm³/mol. The van der Waals surface area contributed by atoms with E-state index in [4.69, 9.17) is 28.6 Å². The number of hydroxylamine groups is 1. The average molecular weight is 348 g/mol. The lowest BCUT2D eigenvalue weighted by Gasteiger charge is -2.27. The Kier molecular flexibility index (Phi) is 4.39. The van der Waals surface area contributed by atoms with E-state index in [1.165, 1.54) is 0 Å². The van der Waals surface area contributed by atoms with Crippen LogP contribution in [-0.2, 0) is 0 Å².